The average Bonchev–Trinajstić information content (AvgIpc) is 3.35. The Morgan fingerprint density at radius 1 is 0.889 bits per heavy atom. The standard InChI is InChI=1S/C53H86N2O12.C2H4O3/c1-12-65-44-31-45(35(5)28-39-22-24-42(56)46(29-39)63-10)66-52(60)41-20-16-17-25-55(41)51(59)50(58)53(61)38(8)21-23-40(67-53)30-43(62-9)33(3)19-15-13-14-18-32(2)26-36(6)47(54)49(64-11)48(57)37(7)27-34(44)4;3-1-2(4)5/h13-15,18-19,27,32,34-36,38-46,48-49,54,56-57,61H,12,16-17,20-26,28-31H2,1-11H3;3H,1H2,(H,4,5)/b15-13+,18-14+,33-19+,37-27+,54-47?;/t32-,34-,35-,36-,38-,39+,40+,41+,42-,43+,44-,45+,46-,48-,49+,53-;/m1./s1. The number of aliphatic hydroxyl groups excluding tert-OH is 3. The number of cyclic esters (lactones) is 1. The lowest BCUT2D eigenvalue weighted by Gasteiger charge is -2.43. The van der Waals surface area contributed by atoms with E-state index < -0.39 is 84.6 Å². The van der Waals surface area contributed by atoms with Crippen LogP contribution in [-0.2, 0) is 47.6 Å². The van der Waals surface area contributed by atoms with E-state index in [0.717, 1.165) is 12.0 Å². The van der Waals surface area contributed by atoms with Gasteiger partial charge in [0, 0.05) is 64.9 Å². The maximum absolute atomic E-state index is 14.6. The lowest BCUT2D eigenvalue weighted by Crippen LogP contribution is -2.61. The smallest absolute Gasteiger partial charge is 0.329 e. The zero-order valence-electron chi connectivity index (χ0n) is 45.0. The molecule has 0 aromatic heterocycles. The minimum atomic E-state index is -2.39. The largest absolute Gasteiger partial charge is 0.480 e. The number of methoxy groups -OCH3 is 3. The van der Waals surface area contributed by atoms with E-state index in [1.807, 2.05) is 71.9 Å². The number of piperidine rings is 1. The van der Waals surface area contributed by atoms with Crippen LogP contribution in [0.1, 0.15) is 132 Å². The summed E-state index contributed by atoms with van der Waals surface area (Å²) in [6.07, 6.45) is 13.4. The normalized spacial score (nSPS) is 38.3. The molecule has 0 radical (unpaired) electrons. The Balaban J connectivity index is 0.00000260. The molecule has 4 rings (SSSR count). The number of rotatable bonds is 9. The lowest BCUT2D eigenvalue weighted by molar-refractivity contribution is -0.265. The van der Waals surface area contributed by atoms with Crippen LogP contribution in [0.4, 0.5) is 0 Å². The van der Waals surface area contributed by atoms with E-state index in [1.165, 1.54) is 12.0 Å². The zero-order valence-corrected chi connectivity index (χ0v) is 45.0. The molecular formula is C55H90N2O15. The summed E-state index contributed by atoms with van der Waals surface area (Å²) in [6.45, 7) is 15.2. The van der Waals surface area contributed by atoms with Gasteiger partial charge in [0.2, 0.25) is 5.79 Å². The third-order valence-electron chi connectivity index (χ3n) is 15.2. The summed E-state index contributed by atoms with van der Waals surface area (Å²) >= 11 is 0. The van der Waals surface area contributed by atoms with Gasteiger partial charge in [-0.25, -0.2) is 9.59 Å². The number of carboxylic acids is 1. The fourth-order valence-corrected chi connectivity index (χ4v) is 10.7. The summed E-state index contributed by atoms with van der Waals surface area (Å²) in [7, 11) is 4.72. The molecule has 3 heterocycles. The second-order valence-corrected chi connectivity index (χ2v) is 20.8. The van der Waals surface area contributed by atoms with E-state index in [0.29, 0.717) is 82.1 Å². The predicted octanol–water partition coefficient (Wildman–Crippen LogP) is 6.53. The number of aliphatic carboxylic acids is 1. The molecule has 2 saturated heterocycles. The molecule has 72 heavy (non-hydrogen) atoms. The first-order chi connectivity index (χ1) is 34.1. The summed E-state index contributed by atoms with van der Waals surface area (Å²) in [5.74, 6) is -7.25. The number of nitrogens with one attached hydrogen (secondary N) is 1. The maximum Gasteiger partial charge on any atom is 0.329 e. The van der Waals surface area contributed by atoms with Crippen LogP contribution in [-0.4, -0.2) is 162 Å². The van der Waals surface area contributed by atoms with Crippen LogP contribution in [0.3, 0.4) is 0 Å². The van der Waals surface area contributed by atoms with Crippen LogP contribution < -0.4 is 0 Å². The summed E-state index contributed by atoms with van der Waals surface area (Å²) in [6, 6.07) is -1.06. The number of carboxylic acid groups (broad SMARTS) is 1. The first kappa shape index (κ1) is 62.6. The van der Waals surface area contributed by atoms with Gasteiger partial charge in [0.05, 0.1) is 30.5 Å². The number of esters is 1. The average molecular weight is 1020 g/mol. The molecule has 0 aromatic carbocycles. The molecule has 17 nitrogen and oxygen atoms in total. The highest BCUT2D eigenvalue weighted by Gasteiger charge is 2.53. The van der Waals surface area contributed by atoms with Crippen molar-refractivity contribution in [3.63, 3.8) is 0 Å². The van der Waals surface area contributed by atoms with Gasteiger partial charge >= 0.3 is 11.9 Å². The van der Waals surface area contributed by atoms with Gasteiger partial charge in [0.25, 0.3) is 11.7 Å². The number of hydrogen-bond acceptors (Lipinski definition) is 15. The Hall–Kier alpha value is -3.65. The van der Waals surface area contributed by atoms with Crippen molar-refractivity contribution in [3.8, 4) is 0 Å². The topological polar surface area (TPSA) is 252 Å². The number of amides is 1. The van der Waals surface area contributed by atoms with E-state index in [9.17, 15) is 29.7 Å². The van der Waals surface area contributed by atoms with Crippen LogP contribution in [0.15, 0.2) is 47.6 Å². The third kappa shape index (κ3) is 18.0. The van der Waals surface area contributed by atoms with Crippen LogP contribution in [0.5, 0.6) is 0 Å². The molecule has 1 aliphatic carbocycles. The van der Waals surface area contributed by atoms with Crippen molar-refractivity contribution < 1.29 is 73.1 Å². The number of Topliss-reactive ketones (excluding diaryl/α,β-unsaturated/α-hetero) is 1. The molecule has 4 aliphatic rings. The minimum Gasteiger partial charge on any atom is -0.480 e. The number of ether oxygens (including phenoxy) is 6. The van der Waals surface area contributed by atoms with Crippen molar-refractivity contribution in [3.05, 3.63) is 47.6 Å². The molecule has 3 fully saturated rings. The number of hydrogen-bond donors (Lipinski definition) is 6. The van der Waals surface area contributed by atoms with Crippen LogP contribution in [0, 0.1) is 40.9 Å². The van der Waals surface area contributed by atoms with E-state index in [4.69, 9.17) is 48.8 Å². The van der Waals surface area contributed by atoms with Crippen LogP contribution in [0.2, 0.25) is 0 Å². The molecule has 3 aliphatic heterocycles. The molecule has 0 unspecified atom stereocenters. The highest BCUT2D eigenvalue weighted by Crippen LogP contribution is 2.38. The molecule has 0 aromatic rings. The van der Waals surface area contributed by atoms with Crippen molar-refractivity contribution in [2.75, 3.05) is 41.1 Å². The number of carbonyl (C=O) groups is 4. The highest BCUT2D eigenvalue weighted by molar-refractivity contribution is 6.39. The zero-order chi connectivity index (χ0) is 53.9. The van der Waals surface area contributed by atoms with Crippen molar-refractivity contribution in [1.29, 1.82) is 5.41 Å². The highest BCUT2D eigenvalue weighted by atomic mass is 16.6. The molecular weight excluding hydrogens is 929 g/mol. The molecule has 410 valence electrons. The van der Waals surface area contributed by atoms with Crippen molar-refractivity contribution in [1.82, 2.24) is 4.90 Å². The van der Waals surface area contributed by atoms with E-state index in [2.05, 4.69) is 13.0 Å². The molecule has 1 amide bonds. The maximum atomic E-state index is 14.6. The lowest BCUT2D eigenvalue weighted by atomic mass is 9.78. The van der Waals surface area contributed by atoms with E-state index in [-0.39, 0.29) is 54.8 Å². The van der Waals surface area contributed by atoms with Gasteiger partial charge in [-0.2, -0.15) is 0 Å². The Morgan fingerprint density at radius 3 is 2.21 bits per heavy atom. The summed E-state index contributed by atoms with van der Waals surface area (Å²) in [4.78, 5) is 53.6. The first-order valence-electron chi connectivity index (χ1n) is 26.2. The molecule has 17 heteroatoms. The minimum absolute atomic E-state index is 0.126. The quantitative estimate of drug-likeness (QED) is 0.0816. The fraction of sp³-hybridized carbons (Fsp3) is 0.764. The fourth-order valence-electron chi connectivity index (χ4n) is 10.7. The van der Waals surface area contributed by atoms with Gasteiger partial charge in [0.1, 0.15) is 31.0 Å². The van der Waals surface area contributed by atoms with Crippen molar-refractivity contribution >= 4 is 29.3 Å². The van der Waals surface area contributed by atoms with Gasteiger partial charge in [-0.1, -0.05) is 71.1 Å². The summed E-state index contributed by atoms with van der Waals surface area (Å²) < 4.78 is 36.4. The van der Waals surface area contributed by atoms with Crippen LogP contribution in [0.25, 0.3) is 0 Å². The van der Waals surface area contributed by atoms with Gasteiger partial charge in [-0.15, -0.1) is 0 Å². The third-order valence-corrected chi connectivity index (χ3v) is 15.2. The van der Waals surface area contributed by atoms with Gasteiger partial charge in [-0.05, 0) is 120 Å². The van der Waals surface area contributed by atoms with E-state index in [1.54, 1.807) is 21.1 Å². The number of carbonyl (C=O) groups excluding carboxylic acids is 3. The number of allylic oxidation sites excluding steroid dienone is 5. The number of fused-ring (bicyclic) bond motifs is 3. The molecule has 2 bridgehead atoms. The Kier molecular flexibility index (Phi) is 26.7. The molecule has 1 saturated carbocycles. The van der Waals surface area contributed by atoms with Gasteiger partial charge in [-0.3, -0.25) is 9.59 Å². The van der Waals surface area contributed by atoms with Crippen molar-refractivity contribution in [2.24, 2.45) is 35.5 Å². The Bertz CT molecular complexity index is 1870. The van der Waals surface area contributed by atoms with Gasteiger partial charge in [0.15, 0.2) is 0 Å². The summed E-state index contributed by atoms with van der Waals surface area (Å²) in [5.41, 5.74) is 1.84. The second kappa shape index (κ2) is 30.7. The number of aliphatic hydroxyl groups is 4. The Morgan fingerprint density at radius 2 is 1.58 bits per heavy atom. The predicted molar refractivity (Wildman–Crippen MR) is 273 cm³/mol. The molecule has 6 N–H and O–H groups in total. The summed E-state index contributed by atoms with van der Waals surface area (Å²) in [5, 5.41) is 58.4. The monoisotopic (exact) mass is 1020 g/mol. The van der Waals surface area contributed by atoms with Crippen LogP contribution >= 0.6 is 0 Å². The Labute approximate surface area is 428 Å². The van der Waals surface area contributed by atoms with Crippen molar-refractivity contribution in [2.45, 2.75) is 193 Å². The SMILES string of the molecule is CCO[C@@H]1C[C@@H]([C@H](C)C[C@@H]2CC[C@@H](O)[C@H](OC)C2)OC(=O)[C@@H]2CCCCN2C(=O)C(=O)[C@]2(O)O[C@@H](CC[C@H]2C)C[C@H](OC)/C(C)=C/C=C/C=C/[C@@H](C)C[C@@H](C)C(=N)[C@H](OC)[C@H](O)/C(C)=C/[C@H]1C.O=C(O)CO. The van der Waals surface area contributed by atoms with E-state index >= 15 is 0 Å². The molecule has 16 atom stereocenters. The number of ketones is 1. The second-order valence-electron chi connectivity index (χ2n) is 20.8. The first-order valence-corrected chi connectivity index (χ1v) is 26.2. The van der Waals surface area contributed by atoms with Gasteiger partial charge < -0.3 is 64.3 Å². The molecule has 0 spiro atoms. The number of nitrogens with zero attached hydrogens (tertiary/aromatic N) is 1.